The van der Waals surface area contributed by atoms with Gasteiger partial charge in [0.1, 0.15) is 5.75 Å². The number of aromatic carboxylic acids is 1. The lowest BCUT2D eigenvalue weighted by Crippen LogP contribution is -2.16. The van der Waals surface area contributed by atoms with Crippen molar-refractivity contribution in [3.8, 4) is 17.0 Å². The average molecular weight is 323 g/mol. The molecule has 1 heterocycles. The summed E-state index contributed by atoms with van der Waals surface area (Å²) in [5.74, 6) is -1.19. The fraction of sp³-hybridized carbons (Fsp3) is 0.250. The molecule has 1 aromatic heterocycles. The van der Waals surface area contributed by atoms with E-state index < -0.39 is 12.3 Å². The Morgan fingerprint density at radius 1 is 1.13 bits per heavy atom. The van der Waals surface area contributed by atoms with Crippen LogP contribution in [0, 0.1) is 0 Å². The molecule has 2 aromatic rings. The van der Waals surface area contributed by atoms with Crippen LogP contribution in [-0.2, 0) is 0 Å². The van der Waals surface area contributed by atoms with Crippen molar-refractivity contribution in [1.82, 2.24) is 4.98 Å². The second-order valence-electron chi connectivity index (χ2n) is 5.28. The number of rotatable bonds is 4. The van der Waals surface area contributed by atoms with Gasteiger partial charge < -0.3 is 9.84 Å². The van der Waals surface area contributed by atoms with Crippen LogP contribution in [0.2, 0.25) is 0 Å². The zero-order valence-electron chi connectivity index (χ0n) is 11.8. The quantitative estimate of drug-likeness (QED) is 0.915. The number of hydrogen-bond donors (Lipinski definition) is 1. The Morgan fingerprint density at radius 3 is 2.30 bits per heavy atom. The molecular weight excluding hydrogens is 311 g/mol. The van der Waals surface area contributed by atoms with Gasteiger partial charge in [-0.05, 0) is 49.2 Å². The van der Waals surface area contributed by atoms with Crippen molar-refractivity contribution in [2.45, 2.75) is 25.1 Å². The predicted molar refractivity (Wildman–Crippen MR) is 75.3 cm³/mol. The lowest BCUT2D eigenvalue weighted by molar-refractivity contribution is -0.274. The molecule has 1 fully saturated rings. The summed E-state index contributed by atoms with van der Waals surface area (Å²) in [6, 6.07) is 8.35. The van der Waals surface area contributed by atoms with Crippen molar-refractivity contribution in [1.29, 1.82) is 0 Å². The summed E-state index contributed by atoms with van der Waals surface area (Å²) < 4.78 is 40.2. The van der Waals surface area contributed by atoms with Gasteiger partial charge in [-0.2, -0.15) is 0 Å². The Labute approximate surface area is 129 Å². The van der Waals surface area contributed by atoms with Crippen LogP contribution in [0.3, 0.4) is 0 Å². The monoisotopic (exact) mass is 323 g/mol. The van der Waals surface area contributed by atoms with Crippen molar-refractivity contribution < 1.29 is 27.8 Å². The number of benzene rings is 1. The van der Waals surface area contributed by atoms with Crippen molar-refractivity contribution in [3.63, 3.8) is 0 Å². The summed E-state index contributed by atoms with van der Waals surface area (Å²) in [4.78, 5) is 15.6. The van der Waals surface area contributed by atoms with Gasteiger partial charge in [-0.15, -0.1) is 13.2 Å². The van der Waals surface area contributed by atoms with E-state index >= 15 is 0 Å². The highest BCUT2D eigenvalue weighted by Crippen LogP contribution is 2.41. The molecule has 4 nitrogen and oxygen atoms in total. The molecule has 23 heavy (non-hydrogen) atoms. The zero-order chi connectivity index (χ0) is 16.6. The number of carbonyl (C=O) groups is 1. The van der Waals surface area contributed by atoms with Crippen molar-refractivity contribution >= 4 is 5.97 Å². The number of hydrogen-bond acceptors (Lipinski definition) is 3. The van der Waals surface area contributed by atoms with Gasteiger partial charge in [0.05, 0.1) is 17.0 Å². The minimum absolute atomic E-state index is 0.147. The van der Waals surface area contributed by atoms with Crippen LogP contribution in [0.15, 0.2) is 36.4 Å². The summed E-state index contributed by atoms with van der Waals surface area (Å²) in [5, 5.41) is 9.19. The zero-order valence-corrected chi connectivity index (χ0v) is 11.8. The molecule has 1 aliphatic carbocycles. The van der Waals surface area contributed by atoms with E-state index in [1.54, 1.807) is 6.07 Å². The molecule has 1 aromatic carbocycles. The second kappa shape index (κ2) is 5.57. The molecule has 0 radical (unpaired) electrons. The Bertz CT molecular complexity index is 737. The summed E-state index contributed by atoms with van der Waals surface area (Å²) in [6.45, 7) is 0. The van der Waals surface area contributed by atoms with E-state index in [1.807, 2.05) is 0 Å². The van der Waals surface area contributed by atoms with Gasteiger partial charge in [0.25, 0.3) is 0 Å². The SMILES string of the molecule is O=C(O)c1ccc(-c2ccc(OC(F)(F)F)cc2)nc1C1CC1. The first-order chi connectivity index (χ1) is 10.8. The highest BCUT2D eigenvalue weighted by molar-refractivity contribution is 5.89. The largest absolute Gasteiger partial charge is 0.573 e. The van der Waals surface area contributed by atoms with Gasteiger partial charge in [-0.25, -0.2) is 4.79 Å². The van der Waals surface area contributed by atoms with E-state index in [0.29, 0.717) is 17.0 Å². The summed E-state index contributed by atoms with van der Waals surface area (Å²) in [5.41, 5.74) is 1.83. The third kappa shape index (κ3) is 3.61. The van der Waals surface area contributed by atoms with Crippen LogP contribution in [-0.4, -0.2) is 22.4 Å². The molecule has 3 rings (SSSR count). The van der Waals surface area contributed by atoms with E-state index in [4.69, 9.17) is 0 Å². The van der Waals surface area contributed by atoms with Crippen molar-refractivity contribution in [2.24, 2.45) is 0 Å². The first-order valence-electron chi connectivity index (χ1n) is 6.94. The number of halogens is 3. The normalized spacial score (nSPS) is 14.6. The van der Waals surface area contributed by atoms with Crippen LogP contribution < -0.4 is 4.74 Å². The third-order valence-electron chi connectivity index (χ3n) is 3.50. The Kier molecular flexibility index (Phi) is 3.71. The van der Waals surface area contributed by atoms with Crippen LogP contribution in [0.4, 0.5) is 13.2 Å². The molecule has 1 saturated carbocycles. The standard InChI is InChI=1S/C16H12F3NO3/c17-16(18,19)23-11-5-3-9(4-6-11)13-8-7-12(15(21)22)14(20-13)10-1-2-10/h3-8,10H,1-2H2,(H,21,22). The number of carboxylic acids is 1. The molecule has 0 unspecified atom stereocenters. The molecule has 1 aliphatic rings. The van der Waals surface area contributed by atoms with E-state index in [0.717, 1.165) is 12.8 Å². The van der Waals surface area contributed by atoms with E-state index in [1.165, 1.54) is 30.3 Å². The lowest BCUT2D eigenvalue weighted by Gasteiger charge is -2.10. The Balaban J connectivity index is 1.89. The number of alkyl halides is 3. The molecule has 0 atom stereocenters. The second-order valence-corrected chi connectivity index (χ2v) is 5.28. The summed E-state index contributed by atoms with van der Waals surface area (Å²) in [6.07, 6.45) is -2.94. The van der Waals surface area contributed by atoms with Gasteiger partial charge in [0.2, 0.25) is 0 Å². The van der Waals surface area contributed by atoms with Crippen LogP contribution in [0.1, 0.15) is 34.8 Å². The number of nitrogens with zero attached hydrogens (tertiary/aromatic N) is 1. The van der Waals surface area contributed by atoms with E-state index in [2.05, 4.69) is 9.72 Å². The molecule has 1 N–H and O–H groups in total. The van der Waals surface area contributed by atoms with Crippen LogP contribution in [0.25, 0.3) is 11.3 Å². The van der Waals surface area contributed by atoms with Gasteiger partial charge in [0, 0.05) is 11.5 Å². The number of pyridine rings is 1. The first kappa shape index (κ1) is 15.3. The fourth-order valence-electron chi connectivity index (χ4n) is 2.31. The molecule has 0 saturated heterocycles. The molecule has 7 heteroatoms. The van der Waals surface area contributed by atoms with Gasteiger partial charge in [-0.3, -0.25) is 4.98 Å². The van der Waals surface area contributed by atoms with Gasteiger partial charge in [0.15, 0.2) is 0 Å². The molecular formula is C16H12F3NO3. The third-order valence-corrected chi connectivity index (χ3v) is 3.50. The Morgan fingerprint density at radius 2 is 1.78 bits per heavy atom. The van der Waals surface area contributed by atoms with Crippen molar-refractivity contribution in [3.05, 3.63) is 47.7 Å². The van der Waals surface area contributed by atoms with Crippen LogP contribution in [0.5, 0.6) is 5.75 Å². The molecule has 0 aliphatic heterocycles. The number of ether oxygens (including phenoxy) is 1. The summed E-state index contributed by atoms with van der Waals surface area (Å²) >= 11 is 0. The molecule has 0 amide bonds. The van der Waals surface area contributed by atoms with Crippen LogP contribution >= 0.6 is 0 Å². The maximum atomic E-state index is 12.1. The minimum atomic E-state index is -4.73. The van der Waals surface area contributed by atoms with Crippen molar-refractivity contribution in [2.75, 3.05) is 0 Å². The predicted octanol–water partition coefficient (Wildman–Crippen LogP) is 4.22. The molecule has 120 valence electrons. The van der Waals surface area contributed by atoms with Gasteiger partial charge in [-0.1, -0.05) is 0 Å². The molecule has 0 bridgehead atoms. The lowest BCUT2D eigenvalue weighted by atomic mass is 10.1. The summed E-state index contributed by atoms with van der Waals surface area (Å²) in [7, 11) is 0. The fourth-order valence-corrected chi connectivity index (χ4v) is 2.31. The van der Waals surface area contributed by atoms with E-state index in [-0.39, 0.29) is 17.2 Å². The first-order valence-corrected chi connectivity index (χ1v) is 6.94. The average Bonchev–Trinajstić information content (AvgIpc) is 3.30. The maximum Gasteiger partial charge on any atom is 0.573 e. The highest BCUT2D eigenvalue weighted by atomic mass is 19.4. The van der Waals surface area contributed by atoms with E-state index in [9.17, 15) is 23.1 Å². The maximum absolute atomic E-state index is 12.1. The number of aromatic nitrogens is 1. The topological polar surface area (TPSA) is 59.4 Å². The van der Waals surface area contributed by atoms with Gasteiger partial charge >= 0.3 is 12.3 Å². The minimum Gasteiger partial charge on any atom is -0.478 e. The number of carboxylic acid groups (broad SMARTS) is 1. The molecule has 0 spiro atoms. The Hall–Kier alpha value is -2.57. The highest BCUT2D eigenvalue weighted by Gasteiger charge is 2.31. The smallest absolute Gasteiger partial charge is 0.478 e.